The molecule has 0 N–H and O–H groups in total. The average molecular weight is 601 g/mol. The molecule has 0 amide bonds. The van der Waals surface area contributed by atoms with Gasteiger partial charge in [-0.05, 0) is 34.4 Å². The molecule has 0 aliphatic carbocycles. The molecule has 212 valence electrons. The highest BCUT2D eigenvalue weighted by Gasteiger charge is 2.20. The Morgan fingerprint density at radius 3 is 1.38 bits per heavy atom. The molecule has 0 aliphatic heterocycles. The van der Waals surface area contributed by atoms with Gasteiger partial charge >= 0.3 is 0 Å². The van der Waals surface area contributed by atoms with Gasteiger partial charge in [-0.2, -0.15) is 0 Å². The molecule has 9 heteroatoms. The lowest BCUT2D eigenvalue weighted by atomic mass is 9.59. The van der Waals surface area contributed by atoms with E-state index in [1.165, 1.54) is 0 Å². The van der Waals surface area contributed by atoms with E-state index in [1.54, 1.807) is 0 Å². The average Bonchev–Trinajstić information content (AvgIpc) is 3.53. The Morgan fingerprint density at radius 2 is 0.792 bits per heavy atom. The van der Waals surface area contributed by atoms with Crippen molar-refractivity contribution in [3.8, 4) is 56.4 Å². The lowest BCUT2D eigenvalue weighted by molar-refractivity contribution is 0.669. The molecule has 0 bridgehead atoms. The van der Waals surface area contributed by atoms with Gasteiger partial charge in [-0.15, -0.1) is 16.4 Å². The van der Waals surface area contributed by atoms with Gasteiger partial charge in [0.2, 0.25) is 0 Å². The van der Waals surface area contributed by atoms with E-state index in [2.05, 4.69) is 18.2 Å². The first-order valence-electron chi connectivity index (χ1n) is 15.3. The zero-order chi connectivity index (χ0) is 32.9. The summed E-state index contributed by atoms with van der Waals surface area (Å²) in [5, 5.41) is 1.93. The highest BCUT2D eigenvalue weighted by molar-refractivity contribution is 6.68. The number of benzene rings is 6. The van der Waals surface area contributed by atoms with Crippen molar-refractivity contribution < 1.29 is 4.42 Å². The Bertz CT molecular complexity index is 2470. The third kappa shape index (κ3) is 4.98. The molecule has 2 aromatic heterocycles. The lowest BCUT2D eigenvalue weighted by Gasteiger charge is -2.21. The second kappa shape index (κ2) is 11.9. The van der Waals surface area contributed by atoms with Gasteiger partial charge in [0.1, 0.15) is 50.4 Å². The van der Waals surface area contributed by atoms with Crippen molar-refractivity contribution in [2.24, 2.45) is 0 Å². The first kappa shape index (κ1) is 29.8. The summed E-state index contributed by atoms with van der Waals surface area (Å²) in [6.45, 7) is 0. The van der Waals surface area contributed by atoms with Gasteiger partial charge in [-0.3, -0.25) is 0 Å². The zero-order valence-corrected chi connectivity index (χ0v) is 25.7. The van der Waals surface area contributed by atoms with Crippen LogP contribution in [0.2, 0.25) is 0 Å². The van der Waals surface area contributed by atoms with Crippen LogP contribution in [0.4, 0.5) is 0 Å². The van der Waals surface area contributed by atoms with Crippen LogP contribution in [0, 0.1) is 0 Å². The van der Waals surface area contributed by atoms with E-state index in [0.29, 0.717) is 23.0 Å². The van der Waals surface area contributed by atoms with Crippen LogP contribution in [0.1, 0.15) is 0 Å². The lowest BCUT2D eigenvalue weighted by Crippen LogP contribution is -2.55. The molecular weight excluding hydrogens is 581 g/mol. The van der Waals surface area contributed by atoms with Crippen molar-refractivity contribution >= 4 is 88.5 Å². The van der Waals surface area contributed by atoms with Crippen molar-refractivity contribution in [2.45, 2.75) is 0 Å². The van der Waals surface area contributed by atoms with Crippen LogP contribution >= 0.6 is 0 Å². The predicted molar refractivity (Wildman–Crippen MR) is 201 cm³/mol. The Kier molecular flexibility index (Phi) is 7.41. The molecular formula is C39H20B5N3O. The van der Waals surface area contributed by atoms with Gasteiger partial charge in [0, 0.05) is 27.5 Å². The minimum Gasteiger partial charge on any atom is -0.456 e. The highest BCUT2D eigenvalue weighted by atomic mass is 16.3. The molecule has 0 saturated heterocycles. The summed E-state index contributed by atoms with van der Waals surface area (Å²) >= 11 is 0. The number of aromatic nitrogens is 3. The minimum atomic E-state index is 0.174. The largest absolute Gasteiger partial charge is 0.456 e. The quantitative estimate of drug-likeness (QED) is 0.280. The molecule has 0 saturated carbocycles. The van der Waals surface area contributed by atoms with E-state index < -0.39 is 0 Å². The fourth-order valence-corrected chi connectivity index (χ4v) is 6.20. The second-order valence-corrected chi connectivity index (χ2v) is 11.5. The van der Waals surface area contributed by atoms with Gasteiger partial charge in [0.25, 0.3) is 0 Å². The van der Waals surface area contributed by atoms with E-state index in [1.807, 2.05) is 103 Å². The van der Waals surface area contributed by atoms with Crippen LogP contribution in [0.15, 0.2) is 126 Å². The molecule has 48 heavy (non-hydrogen) atoms. The molecule has 0 unspecified atom stereocenters. The number of fused-ring (bicyclic) bond motifs is 3. The van der Waals surface area contributed by atoms with Gasteiger partial charge in [-0.1, -0.05) is 120 Å². The maximum atomic E-state index is 6.39. The van der Waals surface area contributed by atoms with E-state index in [0.717, 1.165) is 55.3 Å². The van der Waals surface area contributed by atoms with Crippen LogP contribution in [-0.4, -0.2) is 54.2 Å². The number of hydrogen-bond donors (Lipinski definition) is 0. The van der Waals surface area contributed by atoms with Crippen LogP contribution in [0.5, 0.6) is 0 Å². The molecule has 8 aromatic rings. The standard InChI is InChI=1S/C39H20B5N3O/c40-32-29(33(41)35(43)36(44)34(32)42)22-17-19-24(20-18-22)38-45-37(23-11-5-2-6-12-23)46-39(47-38)26-14-8-16-28-31(26)30-25(13-7-15-27(30)48-28)21-9-3-1-4-10-21/h1-20H. The Hall–Kier alpha value is -5.55. The molecule has 2 heterocycles. The van der Waals surface area contributed by atoms with Crippen molar-refractivity contribution in [2.75, 3.05) is 0 Å². The molecule has 4 nitrogen and oxygen atoms in total. The summed E-state index contributed by atoms with van der Waals surface area (Å²) in [4.78, 5) is 15.0. The number of hydrogen-bond acceptors (Lipinski definition) is 4. The third-order valence-electron chi connectivity index (χ3n) is 8.65. The summed E-state index contributed by atoms with van der Waals surface area (Å²) in [5.41, 5.74) is 8.53. The van der Waals surface area contributed by atoms with Gasteiger partial charge in [0.05, 0.1) is 0 Å². The van der Waals surface area contributed by atoms with E-state index in [-0.39, 0.29) is 27.3 Å². The highest BCUT2D eigenvalue weighted by Crippen LogP contribution is 2.41. The molecule has 0 spiro atoms. The van der Waals surface area contributed by atoms with Crippen LogP contribution in [0.3, 0.4) is 0 Å². The molecule has 6 aromatic carbocycles. The van der Waals surface area contributed by atoms with E-state index >= 15 is 0 Å². The summed E-state index contributed by atoms with van der Waals surface area (Å²) in [5.74, 6) is 1.56. The topological polar surface area (TPSA) is 51.8 Å². The summed E-state index contributed by atoms with van der Waals surface area (Å²) in [6.07, 6.45) is 0. The zero-order valence-electron chi connectivity index (χ0n) is 25.7. The van der Waals surface area contributed by atoms with Crippen LogP contribution in [-0.2, 0) is 0 Å². The molecule has 0 atom stereocenters. The van der Waals surface area contributed by atoms with Gasteiger partial charge in [0.15, 0.2) is 17.5 Å². The van der Waals surface area contributed by atoms with E-state index in [4.69, 9.17) is 58.6 Å². The Morgan fingerprint density at radius 1 is 0.354 bits per heavy atom. The van der Waals surface area contributed by atoms with Crippen molar-refractivity contribution in [3.63, 3.8) is 0 Å². The monoisotopic (exact) mass is 601 g/mol. The minimum absolute atomic E-state index is 0.174. The summed E-state index contributed by atoms with van der Waals surface area (Å²) in [7, 11) is 31.0. The second-order valence-electron chi connectivity index (χ2n) is 11.5. The van der Waals surface area contributed by atoms with Gasteiger partial charge in [-0.25, -0.2) is 15.0 Å². The predicted octanol–water partition coefficient (Wildman–Crippen LogP) is 4.08. The number of nitrogens with zero attached hydrogens (tertiary/aromatic N) is 3. The molecule has 8 rings (SSSR count). The maximum Gasteiger partial charge on any atom is 0.164 e. The smallest absolute Gasteiger partial charge is 0.164 e. The fraction of sp³-hybridized carbons (Fsp3) is 0. The van der Waals surface area contributed by atoms with Crippen molar-refractivity contribution in [1.82, 2.24) is 15.0 Å². The molecule has 10 radical (unpaired) electrons. The summed E-state index contributed by atoms with van der Waals surface area (Å²) in [6, 6.07) is 39.8. The SMILES string of the molecule is [B]c1c([B])c([B])c(-c2ccc(-c3nc(-c4ccccc4)nc(-c4cccc5oc6cccc(-c7ccccc7)c6c45)n3)cc2)c([B])c1[B]. The van der Waals surface area contributed by atoms with Crippen molar-refractivity contribution in [3.05, 3.63) is 121 Å². The van der Waals surface area contributed by atoms with Crippen LogP contribution in [0.25, 0.3) is 78.4 Å². The van der Waals surface area contributed by atoms with E-state index in [9.17, 15) is 0 Å². The third-order valence-corrected chi connectivity index (χ3v) is 8.65. The molecule has 0 aliphatic rings. The fourth-order valence-electron chi connectivity index (χ4n) is 6.20. The normalized spacial score (nSPS) is 11.3. The van der Waals surface area contributed by atoms with Crippen molar-refractivity contribution in [1.29, 1.82) is 0 Å². The first-order valence-corrected chi connectivity index (χ1v) is 15.3. The number of rotatable bonds is 5. The van der Waals surface area contributed by atoms with Gasteiger partial charge < -0.3 is 4.42 Å². The maximum absolute atomic E-state index is 6.39. The summed E-state index contributed by atoms with van der Waals surface area (Å²) < 4.78 is 6.39. The Labute approximate surface area is 284 Å². The Balaban J connectivity index is 1.33. The number of furan rings is 1. The first-order chi connectivity index (χ1) is 23.4. The van der Waals surface area contributed by atoms with Crippen LogP contribution < -0.4 is 27.3 Å². The molecule has 0 fully saturated rings.